The topological polar surface area (TPSA) is 23.8 Å². The summed E-state index contributed by atoms with van der Waals surface area (Å²) in [5.41, 5.74) is 3.68. The van der Waals surface area contributed by atoms with Gasteiger partial charge in [-0.1, -0.05) is 54.6 Å². The smallest absolute Gasteiger partial charge is 0.0669 e. The Labute approximate surface area is 96.0 Å². The molecule has 78 valence electrons. The second kappa shape index (κ2) is 5.14. The van der Waals surface area contributed by atoms with E-state index in [2.05, 4.69) is 42.5 Å². The Hall–Kier alpha value is -2.07. The number of rotatable bonds is 3. The lowest BCUT2D eigenvalue weighted by Crippen LogP contribution is -1.88. The van der Waals surface area contributed by atoms with Crippen LogP contribution < -0.4 is 0 Å². The largest absolute Gasteiger partial charge is 0.198 e. The van der Waals surface area contributed by atoms with E-state index >= 15 is 0 Å². The zero-order valence-electron chi connectivity index (χ0n) is 9.06. The second-order valence-electron chi connectivity index (χ2n) is 3.81. The van der Waals surface area contributed by atoms with Crippen LogP contribution in [0, 0.1) is 11.3 Å². The van der Waals surface area contributed by atoms with Gasteiger partial charge in [0.2, 0.25) is 0 Å². The first-order valence-electron chi connectivity index (χ1n) is 5.37. The molecule has 0 saturated heterocycles. The molecule has 1 heteroatoms. The van der Waals surface area contributed by atoms with Crippen LogP contribution in [0.4, 0.5) is 0 Å². The highest BCUT2D eigenvalue weighted by molar-refractivity contribution is 5.29. The molecule has 2 rings (SSSR count). The van der Waals surface area contributed by atoms with Crippen LogP contribution in [0.15, 0.2) is 54.6 Å². The van der Waals surface area contributed by atoms with Crippen molar-refractivity contribution in [3.63, 3.8) is 0 Å². The summed E-state index contributed by atoms with van der Waals surface area (Å²) in [6.45, 7) is 0. The number of nitriles is 1. The summed E-state index contributed by atoms with van der Waals surface area (Å²) in [6, 6.07) is 20.8. The van der Waals surface area contributed by atoms with Crippen molar-refractivity contribution in [1.82, 2.24) is 0 Å². The number of hydrogen-bond acceptors (Lipinski definition) is 1. The van der Waals surface area contributed by atoms with Crippen LogP contribution in [0.1, 0.15) is 16.7 Å². The van der Waals surface area contributed by atoms with Gasteiger partial charge < -0.3 is 0 Å². The van der Waals surface area contributed by atoms with Gasteiger partial charge in [-0.15, -0.1) is 0 Å². The first-order valence-corrected chi connectivity index (χ1v) is 5.37. The molecule has 2 aromatic carbocycles. The Morgan fingerprint density at radius 2 is 1.31 bits per heavy atom. The molecule has 0 atom stereocenters. The summed E-state index contributed by atoms with van der Waals surface area (Å²) in [5, 5.41) is 8.57. The Morgan fingerprint density at radius 3 is 1.94 bits per heavy atom. The van der Waals surface area contributed by atoms with Crippen molar-refractivity contribution < 1.29 is 0 Å². The molecule has 0 fully saturated rings. The third-order valence-corrected chi connectivity index (χ3v) is 2.56. The van der Waals surface area contributed by atoms with Gasteiger partial charge in [0, 0.05) is 0 Å². The van der Waals surface area contributed by atoms with Crippen LogP contribution in [-0.2, 0) is 12.8 Å². The minimum atomic E-state index is 0.492. The molecule has 0 spiro atoms. The first kappa shape index (κ1) is 10.4. The Kier molecular flexibility index (Phi) is 3.35. The highest BCUT2D eigenvalue weighted by Gasteiger charge is 1.96. The Balaban J connectivity index is 2.09. The Morgan fingerprint density at radius 1 is 0.750 bits per heavy atom. The molecule has 0 radical (unpaired) electrons. The maximum atomic E-state index is 8.57. The number of nitrogens with zero attached hydrogens (tertiary/aromatic N) is 1. The monoisotopic (exact) mass is 207 g/mol. The number of hydrogen-bond donors (Lipinski definition) is 0. The van der Waals surface area contributed by atoms with Crippen LogP contribution >= 0.6 is 0 Å². The minimum absolute atomic E-state index is 0.492. The zero-order chi connectivity index (χ0) is 11.2. The van der Waals surface area contributed by atoms with Crippen LogP contribution in [0.3, 0.4) is 0 Å². The Bertz CT molecular complexity index is 477. The molecule has 0 heterocycles. The molecular formula is C15H13N. The van der Waals surface area contributed by atoms with E-state index in [0.717, 1.165) is 12.0 Å². The van der Waals surface area contributed by atoms with Crippen LogP contribution in [0.25, 0.3) is 0 Å². The average Bonchev–Trinajstić information content (AvgIpc) is 2.33. The van der Waals surface area contributed by atoms with E-state index < -0.39 is 0 Å². The van der Waals surface area contributed by atoms with E-state index in [9.17, 15) is 0 Å². The fourth-order valence-electron chi connectivity index (χ4n) is 1.70. The van der Waals surface area contributed by atoms with E-state index in [0.29, 0.717) is 6.42 Å². The molecule has 0 bridgehead atoms. The van der Waals surface area contributed by atoms with Gasteiger partial charge >= 0.3 is 0 Å². The van der Waals surface area contributed by atoms with Crippen LogP contribution in [0.5, 0.6) is 0 Å². The molecule has 0 aromatic heterocycles. The summed E-state index contributed by atoms with van der Waals surface area (Å²) >= 11 is 0. The van der Waals surface area contributed by atoms with Crippen molar-refractivity contribution in [3.8, 4) is 6.07 Å². The van der Waals surface area contributed by atoms with Crippen LogP contribution in [-0.4, -0.2) is 0 Å². The molecule has 0 unspecified atom stereocenters. The van der Waals surface area contributed by atoms with E-state index in [4.69, 9.17) is 5.26 Å². The van der Waals surface area contributed by atoms with Crippen molar-refractivity contribution >= 4 is 0 Å². The highest BCUT2D eigenvalue weighted by atomic mass is 14.2. The van der Waals surface area contributed by atoms with Gasteiger partial charge in [0.1, 0.15) is 0 Å². The fourth-order valence-corrected chi connectivity index (χ4v) is 1.70. The predicted octanol–water partition coefficient (Wildman–Crippen LogP) is 3.34. The highest BCUT2D eigenvalue weighted by Crippen LogP contribution is 2.10. The summed E-state index contributed by atoms with van der Waals surface area (Å²) in [5.74, 6) is 0. The van der Waals surface area contributed by atoms with Crippen molar-refractivity contribution in [2.45, 2.75) is 12.8 Å². The SMILES string of the molecule is N#CCc1ccc(Cc2ccccc2)cc1. The molecule has 0 aliphatic heterocycles. The zero-order valence-corrected chi connectivity index (χ0v) is 9.06. The molecule has 16 heavy (non-hydrogen) atoms. The van der Waals surface area contributed by atoms with E-state index in [1.807, 2.05) is 18.2 Å². The predicted molar refractivity (Wildman–Crippen MR) is 65.0 cm³/mol. The van der Waals surface area contributed by atoms with Crippen molar-refractivity contribution in [1.29, 1.82) is 5.26 Å². The molecule has 0 N–H and O–H groups in total. The lowest BCUT2D eigenvalue weighted by atomic mass is 10.0. The lowest BCUT2D eigenvalue weighted by Gasteiger charge is -2.02. The molecule has 0 saturated carbocycles. The third kappa shape index (κ3) is 2.71. The molecule has 0 aliphatic rings. The summed E-state index contributed by atoms with van der Waals surface area (Å²) in [6.07, 6.45) is 1.44. The second-order valence-corrected chi connectivity index (χ2v) is 3.81. The summed E-state index contributed by atoms with van der Waals surface area (Å²) in [4.78, 5) is 0. The fraction of sp³-hybridized carbons (Fsp3) is 0.133. The van der Waals surface area contributed by atoms with Gasteiger partial charge in [-0.05, 0) is 23.1 Å². The summed E-state index contributed by atoms with van der Waals surface area (Å²) in [7, 11) is 0. The maximum absolute atomic E-state index is 8.57. The first-order chi connectivity index (χ1) is 7.88. The van der Waals surface area contributed by atoms with Crippen molar-refractivity contribution in [2.75, 3.05) is 0 Å². The lowest BCUT2D eigenvalue weighted by molar-refractivity contribution is 1.17. The molecule has 0 aliphatic carbocycles. The van der Waals surface area contributed by atoms with E-state index in [-0.39, 0.29) is 0 Å². The van der Waals surface area contributed by atoms with Gasteiger partial charge in [0.15, 0.2) is 0 Å². The summed E-state index contributed by atoms with van der Waals surface area (Å²) < 4.78 is 0. The molecular weight excluding hydrogens is 194 g/mol. The average molecular weight is 207 g/mol. The van der Waals surface area contributed by atoms with Crippen molar-refractivity contribution in [3.05, 3.63) is 71.3 Å². The molecule has 0 amide bonds. The maximum Gasteiger partial charge on any atom is 0.0669 e. The normalized spacial score (nSPS) is 9.69. The van der Waals surface area contributed by atoms with Gasteiger partial charge in [-0.3, -0.25) is 0 Å². The standard InChI is InChI=1S/C15H13N/c16-11-10-13-6-8-15(9-7-13)12-14-4-2-1-3-5-14/h1-9H,10,12H2. The third-order valence-electron chi connectivity index (χ3n) is 2.56. The van der Waals surface area contributed by atoms with Gasteiger partial charge in [-0.2, -0.15) is 5.26 Å². The van der Waals surface area contributed by atoms with Crippen molar-refractivity contribution in [2.24, 2.45) is 0 Å². The number of benzene rings is 2. The minimum Gasteiger partial charge on any atom is -0.198 e. The van der Waals surface area contributed by atoms with Gasteiger partial charge in [-0.25, -0.2) is 0 Å². The van der Waals surface area contributed by atoms with Gasteiger partial charge in [0.25, 0.3) is 0 Å². The van der Waals surface area contributed by atoms with Gasteiger partial charge in [0.05, 0.1) is 12.5 Å². The van der Waals surface area contributed by atoms with E-state index in [1.54, 1.807) is 0 Å². The van der Waals surface area contributed by atoms with E-state index in [1.165, 1.54) is 11.1 Å². The molecule has 1 nitrogen and oxygen atoms in total. The quantitative estimate of drug-likeness (QED) is 0.757. The molecule has 2 aromatic rings. The van der Waals surface area contributed by atoms with Crippen LogP contribution in [0.2, 0.25) is 0 Å².